The number of nitrogens with zero attached hydrogens (tertiary/aromatic N) is 2. The Labute approximate surface area is 132 Å². The zero-order valence-corrected chi connectivity index (χ0v) is 12.7. The van der Waals surface area contributed by atoms with Gasteiger partial charge < -0.3 is 11.1 Å². The quantitative estimate of drug-likeness (QED) is 0.884. The van der Waals surface area contributed by atoms with E-state index in [2.05, 4.69) is 10.4 Å². The summed E-state index contributed by atoms with van der Waals surface area (Å²) >= 11 is 0. The number of hydrogen-bond donors (Lipinski definition) is 2. The van der Waals surface area contributed by atoms with Crippen LogP contribution in [0.4, 0.5) is 14.5 Å². The van der Waals surface area contributed by atoms with Crippen molar-refractivity contribution in [1.82, 2.24) is 9.78 Å². The summed E-state index contributed by atoms with van der Waals surface area (Å²) in [5.74, 6) is -0.421. The van der Waals surface area contributed by atoms with Crippen LogP contribution in [0.25, 0.3) is 0 Å². The Morgan fingerprint density at radius 2 is 2.00 bits per heavy atom. The molecule has 0 aliphatic heterocycles. The number of amides is 1. The average Bonchev–Trinajstić information content (AvgIpc) is 2.85. The fourth-order valence-corrected chi connectivity index (χ4v) is 1.81. The van der Waals surface area contributed by atoms with Crippen molar-refractivity contribution in [2.45, 2.75) is 25.9 Å². The molecule has 2 rings (SSSR count). The number of carbonyl (C=O) groups is 1. The summed E-state index contributed by atoms with van der Waals surface area (Å²) in [4.78, 5) is 12.0. The van der Waals surface area contributed by atoms with Crippen molar-refractivity contribution in [3.63, 3.8) is 0 Å². The SMILES string of the molecule is Cc1ccc(C(N)C(=O)Nc2cnn(CC(F)F)c2)cc1.Cl. The highest BCUT2D eigenvalue weighted by atomic mass is 35.5. The second-order valence-corrected chi connectivity index (χ2v) is 4.72. The number of benzene rings is 1. The first-order valence-electron chi connectivity index (χ1n) is 6.39. The minimum absolute atomic E-state index is 0. The van der Waals surface area contributed by atoms with Crippen LogP contribution >= 0.6 is 12.4 Å². The lowest BCUT2D eigenvalue weighted by Crippen LogP contribution is -2.27. The summed E-state index contributed by atoms with van der Waals surface area (Å²) < 4.78 is 25.5. The molecule has 0 saturated heterocycles. The van der Waals surface area contributed by atoms with E-state index in [0.717, 1.165) is 10.2 Å². The number of halogens is 3. The summed E-state index contributed by atoms with van der Waals surface area (Å²) in [6.07, 6.45) is 0.150. The molecule has 0 bridgehead atoms. The van der Waals surface area contributed by atoms with Gasteiger partial charge in [0.2, 0.25) is 5.91 Å². The lowest BCUT2D eigenvalue weighted by atomic mass is 10.1. The molecule has 1 aromatic heterocycles. The maximum Gasteiger partial charge on any atom is 0.257 e. The van der Waals surface area contributed by atoms with Crippen molar-refractivity contribution in [2.24, 2.45) is 5.73 Å². The molecule has 1 aromatic carbocycles. The third kappa shape index (κ3) is 4.78. The highest BCUT2D eigenvalue weighted by Crippen LogP contribution is 2.14. The van der Waals surface area contributed by atoms with Crippen molar-refractivity contribution in [2.75, 3.05) is 5.32 Å². The van der Waals surface area contributed by atoms with E-state index in [-0.39, 0.29) is 12.4 Å². The van der Waals surface area contributed by atoms with Crippen LogP contribution in [-0.4, -0.2) is 22.1 Å². The van der Waals surface area contributed by atoms with Gasteiger partial charge in [-0.2, -0.15) is 5.10 Å². The number of alkyl halides is 2. The van der Waals surface area contributed by atoms with E-state index < -0.39 is 24.9 Å². The lowest BCUT2D eigenvalue weighted by molar-refractivity contribution is -0.117. The standard InChI is InChI=1S/C14H16F2N4O.ClH/c1-9-2-4-10(5-3-9)13(17)14(21)19-11-6-18-20(7-11)8-12(15)16;/h2-7,12-13H,8,17H2,1H3,(H,19,21);1H. The number of rotatable bonds is 5. The third-order valence-corrected chi connectivity index (χ3v) is 2.94. The van der Waals surface area contributed by atoms with Gasteiger partial charge in [0.05, 0.1) is 11.9 Å². The Hall–Kier alpha value is -1.99. The predicted molar refractivity (Wildman–Crippen MR) is 82.2 cm³/mol. The van der Waals surface area contributed by atoms with Gasteiger partial charge in [-0.15, -0.1) is 12.4 Å². The smallest absolute Gasteiger partial charge is 0.257 e. The van der Waals surface area contributed by atoms with Gasteiger partial charge in [0.25, 0.3) is 6.43 Å². The monoisotopic (exact) mass is 330 g/mol. The Kier molecular flexibility index (Phi) is 6.45. The van der Waals surface area contributed by atoms with Crippen LogP contribution in [0.2, 0.25) is 0 Å². The van der Waals surface area contributed by atoms with Gasteiger partial charge in [0.15, 0.2) is 0 Å². The first kappa shape index (κ1) is 18.1. The zero-order chi connectivity index (χ0) is 15.4. The van der Waals surface area contributed by atoms with Crippen LogP contribution in [-0.2, 0) is 11.3 Å². The molecular weight excluding hydrogens is 314 g/mol. The number of anilines is 1. The fraction of sp³-hybridized carbons (Fsp3) is 0.286. The van der Waals surface area contributed by atoms with Gasteiger partial charge in [-0.1, -0.05) is 29.8 Å². The summed E-state index contributed by atoms with van der Waals surface area (Å²) in [7, 11) is 0. The first-order valence-corrected chi connectivity index (χ1v) is 6.39. The van der Waals surface area contributed by atoms with Crippen LogP contribution in [0.1, 0.15) is 17.2 Å². The van der Waals surface area contributed by atoms with E-state index >= 15 is 0 Å². The molecule has 0 aliphatic rings. The number of carbonyl (C=O) groups excluding carboxylic acids is 1. The molecule has 8 heteroatoms. The number of nitrogens with two attached hydrogens (primary N) is 1. The summed E-state index contributed by atoms with van der Waals surface area (Å²) in [5, 5.41) is 6.29. The van der Waals surface area contributed by atoms with Gasteiger partial charge in [-0.25, -0.2) is 8.78 Å². The molecule has 120 valence electrons. The number of hydrogen-bond acceptors (Lipinski definition) is 3. The molecule has 0 radical (unpaired) electrons. The van der Waals surface area contributed by atoms with Gasteiger partial charge >= 0.3 is 0 Å². The van der Waals surface area contributed by atoms with Gasteiger partial charge in [0, 0.05) is 6.20 Å². The Morgan fingerprint density at radius 3 is 2.59 bits per heavy atom. The third-order valence-electron chi connectivity index (χ3n) is 2.94. The summed E-state index contributed by atoms with van der Waals surface area (Å²) in [5.41, 5.74) is 7.95. The second kappa shape index (κ2) is 7.86. The molecule has 5 nitrogen and oxygen atoms in total. The molecule has 0 saturated carbocycles. The van der Waals surface area contributed by atoms with Crippen molar-refractivity contribution in [3.05, 3.63) is 47.8 Å². The Bertz CT molecular complexity index is 616. The van der Waals surface area contributed by atoms with Crippen molar-refractivity contribution in [1.29, 1.82) is 0 Å². The van der Waals surface area contributed by atoms with Crippen molar-refractivity contribution in [3.8, 4) is 0 Å². The van der Waals surface area contributed by atoms with E-state index in [9.17, 15) is 13.6 Å². The Balaban J connectivity index is 0.00000242. The Morgan fingerprint density at radius 1 is 1.36 bits per heavy atom. The van der Waals surface area contributed by atoms with Crippen molar-refractivity contribution >= 4 is 24.0 Å². The van der Waals surface area contributed by atoms with Gasteiger partial charge in [0.1, 0.15) is 12.6 Å². The molecule has 2 aromatic rings. The minimum Gasteiger partial charge on any atom is -0.322 e. The number of aromatic nitrogens is 2. The molecule has 1 unspecified atom stereocenters. The minimum atomic E-state index is -2.50. The van der Waals surface area contributed by atoms with E-state index in [1.165, 1.54) is 12.4 Å². The molecule has 1 atom stereocenters. The van der Waals surface area contributed by atoms with E-state index in [1.54, 1.807) is 12.1 Å². The molecule has 22 heavy (non-hydrogen) atoms. The van der Waals surface area contributed by atoms with Crippen LogP contribution in [0.3, 0.4) is 0 Å². The zero-order valence-electron chi connectivity index (χ0n) is 11.9. The van der Waals surface area contributed by atoms with Crippen molar-refractivity contribution < 1.29 is 13.6 Å². The highest BCUT2D eigenvalue weighted by Gasteiger charge is 2.16. The maximum atomic E-state index is 12.2. The van der Waals surface area contributed by atoms with Crippen LogP contribution in [0, 0.1) is 6.92 Å². The molecule has 3 N–H and O–H groups in total. The van der Waals surface area contributed by atoms with Gasteiger partial charge in [-0.05, 0) is 12.5 Å². The summed E-state index contributed by atoms with van der Waals surface area (Å²) in [6.45, 7) is 1.42. The largest absolute Gasteiger partial charge is 0.322 e. The van der Waals surface area contributed by atoms with Crippen LogP contribution in [0.15, 0.2) is 36.7 Å². The highest BCUT2D eigenvalue weighted by molar-refractivity contribution is 5.95. The number of nitrogens with one attached hydrogen (secondary N) is 1. The fourth-order valence-electron chi connectivity index (χ4n) is 1.81. The molecule has 1 heterocycles. The first-order chi connectivity index (χ1) is 9.95. The van der Waals surface area contributed by atoms with E-state index in [0.29, 0.717) is 11.3 Å². The normalized spacial score (nSPS) is 11.9. The average molecular weight is 331 g/mol. The topological polar surface area (TPSA) is 72.9 Å². The molecule has 0 aliphatic carbocycles. The molecular formula is C14H17ClF2N4O. The van der Waals surface area contributed by atoms with Gasteiger partial charge in [-0.3, -0.25) is 9.48 Å². The van der Waals surface area contributed by atoms with Crippen LogP contribution in [0.5, 0.6) is 0 Å². The number of aryl methyl sites for hydroxylation is 1. The molecule has 1 amide bonds. The molecule has 0 spiro atoms. The summed E-state index contributed by atoms with van der Waals surface area (Å²) in [6, 6.07) is 6.45. The second-order valence-electron chi connectivity index (χ2n) is 4.72. The van der Waals surface area contributed by atoms with E-state index in [1.807, 2.05) is 19.1 Å². The lowest BCUT2D eigenvalue weighted by Gasteiger charge is -2.11. The predicted octanol–water partition coefficient (Wildman–Crippen LogP) is 2.52. The maximum absolute atomic E-state index is 12.2. The molecule has 0 fully saturated rings. The van der Waals surface area contributed by atoms with E-state index in [4.69, 9.17) is 5.73 Å². The van der Waals surface area contributed by atoms with Crippen LogP contribution < -0.4 is 11.1 Å².